The van der Waals surface area contributed by atoms with Crippen LogP contribution in [-0.2, 0) is 10.0 Å². The van der Waals surface area contributed by atoms with Crippen molar-refractivity contribution in [3.63, 3.8) is 0 Å². The van der Waals surface area contributed by atoms with Gasteiger partial charge in [0, 0.05) is 17.1 Å². The van der Waals surface area contributed by atoms with E-state index in [2.05, 4.69) is 37.7 Å². The maximum atomic E-state index is 11.8. The molecule has 0 saturated carbocycles. The van der Waals surface area contributed by atoms with E-state index in [0.29, 0.717) is 6.42 Å². The molecule has 2 N–H and O–H groups in total. The van der Waals surface area contributed by atoms with Crippen molar-refractivity contribution >= 4 is 10.0 Å². The first-order valence-electron chi connectivity index (χ1n) is 6.35. The van der Waals surface area contributed by atoms with Gasteiger partial charge in [0.05, 0.1) is 5.75 Å². The van der Waals surface area contributed by atoms with Crippen LogP contribution in [0.25, 0.3) is 0 Å². The highest BCUT2D eigenvalue weighted by molar-refractivity contribution is 7.89. The fourth-order valence-electron chi connectivity index (χ4n) is 2.99. The summed E-state index contributed by atoms with van der Waals surface area (Å²) < 4.78 is 26.4. The summed E-state index contributed by atoms with van der Waals surface area (Å²) in [4.78, 5) is 0. The molecule has 4 nitrogen and oxygen atoms in total. The smallest absolute Gasteiger partial charge is 0.211 e. The molecule has 0 spiro atoms. The van der Waals surface area contributed by atoms with Crippen LogP contribution in [0.2, 0.25) is 0 Å². The average molecular weight is 262 g/mol. The Morgan fingerprint density at radius 1 is 1.18 bits per heavy atom. The van der Waals surface area contributed by atoms with Gasteiger partial charge in [-0.3, -0.25) is 0 Å². The van der Waals surface area contributed by atoms with Crippen molar-refractivity contribution in [1.82, 2.24) is 10.0 Å². The van der Waals surface area contributed by atoms with E-state index in [1.54, 1.807) is 0 Å². The van der Waals surface area contributed by atoms with Gasteiger partial charge in [0.2, 0.25) is 10.0 Å². The molecule has 0 unspecified atom stereocenters. The Morgan fingerprint density at radius 3 is 2.06 bits per heavy atom. The van der Waals surface area contributed by atoms with Crippen LogP contribution in [0.15, 0.2) is 0 Å². The van der Waals surface area contributed by atoms with Crippen molar-refractivity contribution in [2.45, 2.75) is 71.0 Å². The van der Waals surface area contributed by atoms with E-state index in [0.717, 1.165) is 12.8 Å². The largest absolute Gasteiger partial charge is 0.307 e. The van der Waals surface area contributed by atoms with Gasteiger partial charge in [-0.15, -0.1) is 0 Å². The van der Waals surface area contributed by atoms with Crippen molar-refractivity contribution < 1.29 is 8.42 Å². The molecule has 1 fully saturated rings. The van der Waals surface area contributed by atoms with Gasteiger partial charge >= 0.3 is 0 Å². The molecular formula is C12H26N2O2S. The summed E-state index contributed by atoms with van der Waals surface area (Å²) in [5.41, 5.74) is -0.0533. The first kappa shape index (κ1) is 14.9. The lowest BCUT2D eigenvalue weighted by Crippen LogP contribution is -2.62. The number of piperidine rings is 1. The van der Waals surface area contributed by atoms with Gasteiger partial charge < -0.3 is 5.32 Å². The SMILES string of the molecule is CCCS(=O)(=O)NC1CC(C)(C)NC(C)(C)C1. The highest BCUT2D eigenvalue weighted by Crippen LogP contribution is 2.28. The zero-order chi connectivity index (χ0) is 13.3. The molecule has 0 aromatic rings. The molecule has 0 aromatic carbocycles. The lowest BCUT2D eigenvalue weighted by molar-refractivity contribution is 0.157. The third kappa shape index (κ3) is 4.94. The van der Waals surface area contributed by atoms with Gasteiger partial charge in [-0.2, -0.15) is 0 Å². The molecule has 0 aromatic heterocycles. The minimum absolute atomic E-state index is 0.0266. The second kappa shape index (κ2) is 4.86. The molecule has 102 valence electrons. The van der Waals surface area contributed by atoms with Crippen molar-refractivity contribution in [2.24, 2.45) is 0 Å². The zero-order valence-electron chi connectivity index (χ0n) is 11.6. The van der Waals surface area contributed by atoms with E-state index < -0.39 is 10.0 Å². The van der Waals surface area contributed by atoms with E-state index in [4.69, 9.17) is 0 Å². The van der Waals surface area contributed by atoms with Crippen LogP contribution in [0.5, 0.6) is 0 Å². The van der Waals surface area contributed by atoms with Crippen molar-refractivity contribution in [2.75, 3.05) is 5.75 Å². The molecule has 1 aliphatic heterocycles. The third-order valence-electron chi connectivity index (χ3n) is 3.01. The Kier molecular flexibility index (Phi) is 4.27. The highest BCUT2D eigenvalue weighted by Gasteiger charge is 2.38. The van der Waals surface area contributed by atoms with Crippen LogP contribution in [0.4, 0.5) is 0 Å². The van der Waals surface area contributed by atoms with Gasteiger partial charge in [0.25, 0.3) is 0 Å². The van der Waals surface area contributed by atoms with Crippen molar-refractivity contribution in [3.8, 4) is 0 Å². The number of sulfonamides is 1. The third-order valence-corrected chi connectivity index (χ3v) is 4.65. The lowest BCUT2D eigenvalue weighted by Gasteiger charge is -2.46. The van der Waals surface area contributed by atoms with E-state index in [-0.39, 0.29) is 22.9 Å². The summed E-state index contributed by atoms with van der Waals surface area (Å²) in [6, 6.07) is 0.0396. The molecule has 1 heterocycles. The summed E-state index contributed by atoms with van der Waals surface area (Å²) in [5, 5.41) is 3.54. The predicted octanol–water partition coefficient (Wildman–Crippen LogP) is 1.62. The van der Waals surface area contributed by atoms with Gasteiger partial charge in [-0.05, 0) is 47.0 Å². The Bertz CT molecular complexity index is 345. The maximum Gasteiger partial charge on any atom is 0.211 e. The fraction of sp³-hybridized carbons (Fsp3) is 1.00. The standard InChI is InChI=1S/C12H26N2O2S/c1-6-7-17(15,16)13-10-8-11(2,3)14-12(4,5)9-10/h10,13-14H,6-9H2,1-5H3. The molecule has 5 heteroatoms. The van der Waals surface area contributed by atoms with Gasteiger partial charge in [0.15, 0.2) is 0 Å². The molecule has 1 aliphatic rings. The number of hydrogen-bond acceptors (Lipinski definition) is 3. The van der Waals surface area contributed by atoms with E-state index >= 15 is 0 Å². The van der Waals surface area contributed by atoms with Crippen LogP contribution >= 0.6 is 0 Å². The minimum Gasteiger partial charge on any atom is -0.307 e. The monoisotopic (exact) mass is 262 g/mol. The van der Waals surface area contributed by atoms with E-state index in [1.807, 2.05) is 6.92 Å². The molecule has 0 aliphatic carbocycles. The van der Waals surface area contributed by atoms with Crippen LogP contribution in [0.1, 0.15) is 53.9 Å². The molecule has 0 amide bonds. The highest BCUT2D eigenvalue weighted by atomic mass is 32.2. The number of hydrogen-bond donors (Lipinski definition) is 2. The van der Waals surface area contributed by atoms with Crippen LogP contribution in [-0.4, -0.2) is 31.3 Å². The summed E-state index contributed by atoms with van der Waals surface area (Å²) in [6.07, 6.45) is 2.33. The molecule has 1 rings (SSSR count). The average Bonchev–Trinajstić information content (AvgIpc) is 1.94. The quantitative estimate of drug-likeness (QED) is 0.809. The van der Waals surface area contributed by atoms with Crippen LogP contribution in [0, 0.1) is 0 Å². The normalized spacial score (nSPS) is 24.8. The van der Waals surface area contributed by atoms with Crippen LogP contribution in [0.3, 0.4) is 0 Å². The second-order valence-electron chi connectivity index (χ2n) is 6.43. The molecule has 17 heavy (non-hydrogen) atoms. The van der Waals surface area contributed by atoms with Gasteiger partial charge in [-0.1, -0.05) is 6.92 Å². The van der Waals surface area contributed by atoms with Gasteiger partial charge in [0.1, 0.15) is 0 Å². The first-order chi connectivity index (χ1) is 7.55. The fourth-order valence-corrected chi connectivity index (χ4v) is 4.32. The molecular weight excluding hydrogens is 236 g/mol. The summed E-state index contributed by atoms with van der Waals surface area (Å²) in [6.45, 7) is 10.4. The van der Waals surface area contributed by atoms with E-state index in [9.17, 15) is 8.42 Å². The predicted molar refractivity (Wildman–Crippen MR) is 71.5 cm³/mol. The maximum absolute atomic E-state index is 11.8. The van der Waals surface area contributed by atoms with Gasteiger partial charge in [-0.25, -0.2) is 13.1 Å². The first-order valence-corrected chi connectivity index (χ1v) is 8.00. The Hall–Kier alpha value is -0.130. The molecule has 1 saturated heterocycles. The number of rotatable bonds is 4. The summed E-state index contributed by atoms with van der Waals surface area (Å²) in [5.74, 6) is 0.220. The van der Waals surface area contributed by atoms with Crippen molar-refractivity contribution in [1.29, 1.82) is 0 Å². The molecule has 0 radical (unpaired) electrons. The summed E-state index contributed by atoms with van der Waals surface area (Å²) >= 11 is 0. The lowest BCUT2D eigenvalue weighted by atomic mass is 9.80. The number of nitrogens with one attached hydrogen (secondary N) is 2. The van der Waals surface area contributed by atoms with Crippen molar-refractivity contribution in [3.05, 3.63) is 0 Å². The molecule has 0 bridgehead atoms. The van der Waals surface area contributed by atoms with Crippen LogP contribution < -0.4 is 10.0 Å². The Balaban J connectivity index is 2.72. The molecule has 0 atom stereocenters. The summed E-state index contributed by atoms with van der Waals surface area (Å²) in [7, 11) is -3.11. The Labute approximate surface area is 106 Å². The second-order valence-corrected chi connectivity index (χ2v) is 8.31. The topological polar surface area (TPSA) is 58.2 Å². The zero-order valence-corrected chi connectivity index (χ0v) is 12.4. The minimum atomic E-state index is -3.11. The Morgan fingerprint density at radius 2 is 1.65 bits per heavy atom. The van der Waals surface area contributed by atoms with E-state index in [1.165, 1.54) is 0 Å².